The van der Waals surface area contributed by atoms with E-state index in [0.29, 0.717) is 30.5 Å². The smallest absolute Gasteiger partial charge is 0.179 e. The van der Waals surface area contributed by atoms with Crippen LogP contribution in [0.25, 0.3) is 0 Å². The van der Waals surface area contributed by atoms with Gasteiger partial charge in [0.1, 0.15) is 5.82 Å². The molecule has 1 N–H and O–H groups in total. The quantitative estimate of drug-likeness (QED) is 0.899. The van der Waals surface area contributed by atoms with Gasteiger partial charge in [-0.15, -0.1) is 0 Å². The van der Waals surface area contributed by atoms with Crippen LogP contribution in [0.1, 0.15) is 17.5 Å². The van der Waals surface area contributed by atoms with Gasteiger partial charge in [0.15, 0.2) is 11.5 Å². The number of halogens is 1. The normalized spacial score (nSPS) is 13.5. The molecule has 0 spiro atoms. The van der Waals surface area contributed by atoms with Crippen LogP contribution in [0.5, 0.6) is 11.5 Å². The molecule has 2 heterocycles. The van der Waals surface area contributed by atoms with Gasteiger partial charge in [0.2, 0.25) is 0 Å². The molecule has 0 saturated carbocycles. The Hall–Kier alpha value is -1.98. The standard InChI is InChI=1S/C18H22ClN3O2/c1-22(2)17-5-4-13(12-21-17)10-20-11-14-8-15(19)18-16(9-14)23-6-3-7-24-18/h4-5,8-9,12,20H,3,6-7,10-11H2,1-2H3. The molecule has 0 unspecified atom stereocenters. The van der Waals surface area contributed by atoms with Gasteiger partial charge in [-0.3, -0.25) is 0 Å². The van der Waals surface area contributed by atoms with Crippen LogP contribution in [-0.2, 0) is 13.1 Å². The number of hydrogen-bond acceptors (Lipinski definition) is 5. The molecule has 0 amide bonds. The van der Waals surface area contributed by atoms with E-state index in [-0.39, 0.29) is 0 Å². The van der Waals surface area contributed by atoms with Crippen LogP contribution in [0.2, 0.25) is 5.02 Å². The van der Waals surface area contributed by atoms with Crippen molar-refractivity contribution in [1.29, 1.82) is 0 Å². The number of fused-ring (bicyclic) bond motifs is 1. The third-order valence-electron chi connectivity index (χ3n) is 3.79. The Bertz CT molecular complexity index is 689. The second kappa shape index (κ2) is 7.73. The van der Waals surface area contributed by atoms with Crippen LogP contribution in [-0.4, -0.2) is 32.3 Å². The van der Waals surface area contributed by atoms with Crippen molar-refractivity contribution in [1.82, 2.24) is 10.3 Å². The van der Waals surface area contributed by atoms with Gasteiger partial charge in [0, 0.05) is 39.8 Å². The van der Waals surface area contributed by atoms with E-state index in [9.17, 15) is 0 Å². The molecule has 1 aliphatic heterocycles. The Balaban J connectivity index is 1.60. The molecule has 0 aliphatic carbocycles. The van der Waals surface area contributed by atoms with E-state index in [1.165, 1.54) is 0 Å². The van der Waals surface area contributed by atoms with Gasteiger partial charge in [0.25, 0.3) is 0 Å². The van der Waals surface area contributed by atoms with Crippen molar-refractivity contribution < 1.29 is 9.47 Å². The van der Waals surface area contributed by atoms with Crippen LogP contribution in [0, 0.1) is 0 Å². The predicted molar refractivity (Wildman–Crippen MR) is 96.2 cm³/mol. The monoisotopic (exact) mass is 347 g/mol. The predicted octanol–water partition coefficient (Wildman–Crippen LogP) is 3.25. The molecule has 128 valence electrons. The number of nitrogens with zero attached hydrogens (tertiary/aromatic N) is 2. The highest BCUT2D eigenvalue weighted by Crippen LogP contribution is 2.37. The van der Waals surface area contributed by atoms with Crippen molar-refractivity contribution in [2.75, 3.05) is 32.2 Å². The van der Waals surface area contributed by atoms with E-state index in [0.717, 1.165) is 35.7 Å². The summed E-state index contributed by atoms with van der Waals surface area (Å²) in [5.41, 5.74) is 2.21. The van der Waals surface area contributed by atoms with Gasteiger partial charge in [0.05, 0.1) is 18.2 Å². The number of hydrogen-bond donors (Lipinski definition) is 1. The van der Waals surface area contributed by atoms with Crippen LogP contribution in [0.3, 0.4) is 0 Å². The van der Waals surface area contributed by atoms with Gasteiger partial charge in [-0.1, -0.05) is 17.7 Å². The fraction of sp³-hybridized carbons (Fsp3) is 0.389. The minimum Gasteiger partial charge on any atom is -0.489 e. The SMILES string of the molecule is CN(C)c1ccc(CNCc2cc(Cl)c3c(c2)OCCCO3)cn1. The maximum atomic E-state index is 6.32. The molecule has 0 fully saturated rings. The lowest BCUT2D eigenvalue weighted by Crippen LogP contribution is -2.14. The van der Waals surface area contributed by atoms with Crippen LogP contribution in [0.15, 0.2) is 30.5 Å². The van der Waals surface area contributed by atoms with Crippen LogP contribution >= 0.6 is 11.6 Å². The average molecular weight is 348 g/mol. The summed E-state index contributed by atoms with van der Waals surface area (Å²) in [6.07, 6.45) is 2.76. The molecular weight excluding hydrogens is 326 g/mol. The van der Waals surface area contributed by atoms with Gasteiger partial charge < -0.3 is 19.7 Å². The van der Waals surface area contributed by atoms with Crippen molar-refractivity contribution in [3.8, 4) is 11.5 Å². The highest BCUT2D eigenvalue weighted by Gasteiger charge is 2.15. The van der Waals surface area contributed by atoms with Gasteiger partial charge in [-0.05, 0) is 29.3 Å². The molecule has 0 bridgehead atoms. The maximum absolute atomic E-state index is 6.32. The van der Waals surface area contributed by atoms with Crippen molar-refractivity contribution in [3.05, 3.63) is 46.6 Å². The van der Waals surface area contributed by atoms with Gasteiger partial charge in [-0.2, -0.15) is 0 Å². The lowest BCUT2D eigenvalue weighted by atomic mass is 10.2. The van der Waals surface area contributed by atoms with Crippen LogP contribution in [0.4, 0.5) is 5.82 Å². The first-order chi connectivity index (χ1) is 11.6. The van der Waals surface area contributed by atoms with Crippen molar-refractivity contribution in [2.45, 2.75) is 19.5 Å². The first-order valence-corrected chi connectivity index (χ1v) is 8.42. The number of aromatic nitrogens is 1. The summed E-state index contributed by atoms with van der Waals surface area (Å²) in [4.78, 5) is 6.40. The fourth-order valence-corrected chi connectivity index (χ4v) is 2.81. The second-order valence-corrected chi connectivity index (χ2v) is 6.39. The molecular formula is C18H22ClN3O2. The van der Waals surface area contributed by atoms with E-state index < -0.39 is 0 Å². The van der Waals surface area contributed by atoms with Crippen molar-refractivity contribution >= 4 is 17.4 Å². The Kier molecular flexibility index (Phi) is 5.43. The number of anilines is 1. The molecule has 2 aromatic rings. The zero-order valence-electron chi connectivity index (χ0n) is 14.0. The topological polar surface area (TPSA) is 46.6 Å². The molecule has 0 atom stereocenters. The zero-order chi connectivity index (χ0) is 16.9. The molecule has 3 rings (SSSR count). The molecule has 5 nitrogen and oxygen atoms in total. The Labute approximate surface area is 147 Å². The minimum atomic E-state index is 0.600. The maximum Gasteiger partial charge on any atom is 0.179 e. The first-order valence-electron chi connectivity index (χ1n) is 8.04. The second-order valence-electron chi connectivity index (χ2n) is 5.98. The van der Waals surface area contributed by atoms with E-state index in [4.69, 9.17) is 21.1 Å². The number of pyridine rings is 1. The van der Waals surface area contributed by atoms with E-state index in [1.54, 1.807) is 0 Å². The summed E-state index contributed by atoms with van der Waals surface area (Å²) < 4.78 is 11.4. The molecule has 1 aliphatic rings. The third kappa shape index (κ3) is 4.10. The van der Waals surface area contributed by atoms with Gasteiger partial charge in [-0.25, -0.2) is 4.98 Å². The zero-order valence-corrected chi connectivity index (χ0v) is 14.8. The molecule has 0 saturated heterocycles. The minimum absolute atomic E-state index is 0.600. The highest BCUT2D eigenvalue weighted by molar-refractivity contribution is 6.32. The third-order valence-corrected chi connectivity index (χ3v) is 4.07. The Morgan fingerprint density at radius 1 is 1.12 bits per heavy atom. The Morgan fingerprint density at radius 3 is 2.67 bits per heavy atom. The van der Waals surface area contributed by atoms with Gasteiger partial charge >= 0.3 is 0 Å². The summed E-state index contributed by atoms with van der Waals surface area (Å²) in [5, 5.41) is 4.01. The lowest BCUT2D eigenvalue weighted by molar-refractivity contribution is 0.297. The number of rotatable bonds is 5. The lowest BCUT2D eigenvalue weighted by Gasteiger charge is -2.13. The molecule has 0 radical (unpaired) electrons. The summed E-state index contributed by atoms with van der Waals surface area (Å²) in [7, 11) is 3.96. The van der Waals surface area contributed by atoms with E-state index in [2.05, 4.69) is 16.4 Å². The summed E-state index contributed by atoms with van der Waals surface area (Å²) in [5.74, 6) is 2.34. The molecule has 6 heteroatoms. The van der Waals surface area contributed by atoms with E-state index >= 15 is 0 Å². The average Bonchev–Trinajstić information content (AvgIpc) is 2.81. The molecule has 24 heavy (non-hydrogen) atoms. The van der Waals surface area contributed by atoms with Crippen LogP contribution < -0.4 is 19.7 Å². The largest absolute Gasteiger partial charge is 0.489 e. The number of benzene rings is 1. The number of nitrogens with one attached hydrogen (secondary N) is 1. The highest BCUT2D eigenvalue weighted by atomic mass is 35.5. The first kappa shape index (κ1) is 16.9. The molecule has 1 aromatic carbocycles. The van der Waals surface area contributed by atoms with Crippen molar-refractivity contribution in [3.63, 3.8) is 0 Å². The summed E-state index contributed by atoms with van der Waals surface area (Å²) in [6.45, 7) is 2.74. The Morgan fingerprint density at radius 2 is 1.92 bits per heavy atom. The fourth-order valence-electron chi connectivity index (χ4n) is 2.52. The number of ether oxygens (including phenoxy) is 2. The molecule has 1 aromatic heterocycles. The summed E-state index contributed by atoms with van der Waals surface area (Å²) >= 11 is 6.32. The van der Waals surface area contributed by atoms with Crippen molar-refractivity contribution in [2.24, 2.45) is 0 Å². The summed E-state index contributed by atoms with van der Waals surface area (Å²) in [6, 6.07) is 8.01. The van der Waals surface area contributed by atoms with E-state index in [1.807, 2.05) is 43.4 Å².